The molecule has 1 aliphatic heterocycles. The largest absolute Gasteiger partial charge is 0.452 e. The quantitative estimate of drug-likeness (QED) is 0.423. The molecule has 0 spiro atoms. The number of hydrogen-bond donors (Lipinski definition) is 1. The fourth-order valence-corrected chi connectivity index (χ4v) is 4.25. The molecular formula is C20H24N2O5S. The number of ether oxygens (including phenoxy) is 1. The highest BCUT2D eigenvalue weighted by Crippen LogP contribution is 2.20. The van der Waals surface area contributed by atoms with Crippen LogP contribution in [0.2, 0.25) is 0 Å². The average molecular weight is 404 g/mol. The molecule has 2 rings (SSSR count). The van der Waals surface area contributed by atoms with Gasteiger partial charge in [0.15, 0.2) is 6.61 Å². The Balaban J connectivity index is 1.93. The Morgan fingerprint density at radius 3 is 2.39 bits per heavy atom. The zero-order valence-corrected chi connectivity index (χ0v) is 16.4. The standard InChI is InChI=1S/C20H24N2O5S/c1-2-13-21-19(23)16-27-20(24)12-9-17-7-10-18(11-8-17)28(25,26)22-14-5-3-4-6-15-22/h1,7-12H,3-6,13-16H2,(H,21,23)/b12-9+. The third-order valence-corrected chi connectivity index (χ3v) is 6.14. The first-order valence-corrected chi connectivity index (χ1v) is 10.5. The maximum atomic E-state index is 12.7. The minimum absolute atomic E-state index is 0.0684. The van der Waals surface area contributed by atoms with Gasteiger partial charge in [-0.05, 0) is 36.6 Å². The maximum Gasteiger partial charge on any atom is 0.331 e. The second-order valence-corrected chi connectivity index (χ2v) is 8.25. The van der Waals surface area contributed by atoms with E-state index < -0.39 is 28.5 Å². The van der Waals surface area contributed by atoms with Crippen LogP contribution in [0.3, 0.4) is 0 Å². The average Bonchev–Trinajstić information content (AvgIpc) is 2.99. The number of amides is 1. The molecule has 28 heavy (non-hydrogen) atoms. The first-order chi connectivity index (χ1) is 13.4. The molecule has 1 saturated heterocycles. The summed E-state index contributed by atoms with van der Waals surface area (Å²) in [5, 5.41) is 2.38. The van der Waals surface area contributed by atoms with Gasteiger partial charge in [0.2, 0.25) is 10.0 Å². The smallest absolute Gasteiger partial charge is 0.331 e. The zero-order chi connectivity index (χ0) is 20.4. The summed E-state index contributed by atoms with van der Waals surface area (Å²) < 4.78 is 31.8. The molecule has 0 bridgehead atoms. The van der Waals surface area contributed by atoms with Crippen molar-refractivity contribution in [3.8, 4) is 12.3 Å². The molecule has 8 heteroatoms. The van der Waals surface area contributed by atoms with E-state index in [1.54, 1.807) is 12.1 Å². The van der Waals surface area contributed by atoms with E-state index in [1.165, 1.54) is 28.6 Å². The number of nitrogens with one attached hydrogen (secondary N) is 1. The van der Waals surface area contributed by atoms with Gasteiger partial charge in [0.05, 0.1) is 11.4 Å². The Morgan fingerprint density at radius 2 is 1.79 bits per heavy atom. The van der Waals surface area contributed by atoms with E-state index in [1.807, 2.05) is 0 Å². The van der Waals surface area contributed by atoms with Crippen molar-refractivity contribution in [1.82, 2.24) is 9.62 Å². The summed E-state index contributed by atoms with van der Waals surface area (Å²) in [6, 6.07) is 6.29. The van der Waals surface area contributed by atoms with E-state index in [0.29, 0.717) is 18.7 Å². The number of nitrogens with zero attached hydrogens (tertiary/aromatic N) is 1. The summed E-state index contributed by atoms with van der Waals surface area (Å²) in [7, 11) is -3.50. The molecule has 1 aromatic carbocycles. The summed E-state index contributed by atoms with van der Waals surface area (Å²) in [5.74, 6) is 1.07. The Hall–Kier alpha value is -2.63. The third-order valence-electron chi connectivity index (χ3n) is 4.23. The minimum Gasteiger partial charge on any atom is -0.452 e. The summed E-state index contributed by atoms with van der Waals surface area (Å²) in [5.41, 5.74) is 0.642. The van der Waals surface area contributed by atoms with Crippen LogP contribution in [0.1, 0.15) is 31.2 Å². The Kier molecular flexibility index (Phi) is 8.23. The van der Waals surface area contributed by atoms with E-state index in [0.717, 1.165) is 25.7 Å². The highest BCUT2D eigenvalue weighted by Gasteiger charge is 2.24. The topological polar surface area (TPSA) is 92.8 Å². The molecule has 1 aliphatic rings. The number of hydrogen-bond acceptors (Lipinski definition) is 5. The van der Waals surface area contributed by atoms with Crippen molar-refractivity contribution >= 4 is 28.0 Å². The monoisotopic (exact) mass is 404 g/mol. The van der Waals surface area contributed by atoms with E-state index in [2.05, 4.69) is 11.2 Å². The first kappa shape index (κ1) is 21.7. The molecule has 0 aliphatic carbocycles. The lowest BCUT2D eigenvalue weighted by Gasteiger charge is -2.19. The lowest BCUT2D eigenvalue weighted by molar-refractivity contribution is -0.143. The van der Waals surface area contributed by atoms with Crippen LogP contribution < -0.4 is 5.32 Å². The van der Waals surface area contributed by atoms with Gasteiger partial charge >= 0.3 is 5.97 Å². The predicted molar refractivity (Wildman–Crippen MR) is 106 cm³/mol. The second-order valence-electron chi connectivity index (χ2n) is 6.31. The molecule has 0 atom stereocenters. The minimum atomic E-state index is -3.50. The number of sulfonamides is 1. The highest BCUT2D eigenvalue weighted by molar-refractivity contribution is 7.89. The van der Waals surface area contributed by atoms with Crippen molar-refractivity contribution in [2.75, 3.05) is 26.2 Å². The molecule has 1 heterocycles. The fourth-order valence-electron chi connectivity index (χ4n) is 2.73. The van der Waals surface area contributed by atoms with Gasteiger partial charge in [0, 0.05) is 19.2 Å². The van der Waals surface area contributed by atoms with Crippen molar-refractivity contribution < 1.29 is 22.7 Å². The maximum absolute atomic E-state index is 12.7. The number of rotatable bonds is 7. The highest BCUT2D eigenvalue weighted by atomic mass is 32.2. The van der Waals surface area contributed by atoms with Gasteiger partial charge in [-0.15, -0.1) is 6.42 Å². The van der Waals surface area contributed by atoms with Crippen LogP contribution in [0, 0.1) is 12.3 Å². The molecule has 0 radical (unpaired) electrons. The SMILES string of the molecule is C#CCNC(=O)COC(=O)/C=C/c1ccc(S(=O)(=O)N2CCCCCC2)cc1. The van der Waals surface area contributed by atoms with E-state index >= 15 is 0 Å². The number of esters is 1. The summed E-state index contributed by atoms with van der Waals surface area (Å²) in [4.78, 5) is 23.2. The van der Waals surface area contributed by atoms with Crippen LogP contribution in [-0.2, 0) is 24.3 Å². The molecule has 0 aromatic heterocycles. The van der Waals surface area contributed by atoms with Crippen molar-refractivity contribution in [1.29, 1.82) is 0 Å². The lowest BCUT2D eigenvalue weighted by Crippen LogP contribution is -2.31. The molecule has 150 valence electrons. The van der Waals surface area contributed by atoms with Crippen LogP contribution in [0.5, 0.6) is 0 Å². The van der Waals surface area contributed by atoms with Crippen LogP contribution in [0.25, 0.3) is 6.08 Å². The van der Waals surface area contributed by atoms with Crippen LogP contribution in [-0.4, -0.2) is 50.8 Å². The number of carbonyl (C=O) groups excluding carboxylic acids is 2. The number of benzene rings is 1. The van der Waals surface area contributed by atoms with Gasteiger partial charge in [0.1, 0.15) is 0 Å². The molecule has 0 unspecified atom stereocenters. The van der Waals surface area contributed by atoms with Gasteiger partial charge in [0.25, 0.3) is 5.91 Å². The van der Waals surface area contributed by atoms with Gasteiger partial charge in [-0.25, -0.2) is 13.2 Å². The van der Waals surface area contributed by atoms with Gasteiger partial charge in [-0.1, -0.05) is 30.9 Å². The second kappa shape index (κ2) is 10.6. The summed E-state index contributed by atoms with van der Waals surface area (Å²) in [6.07, 6.45) is 11.5. The fraction of sp³-hybridized carbons (Fsp3) is 0.400. The zero-order valence-electron chi connectivity index (χ0n) is 15.6. The molecule has 1 fully saturated rings. The van der Waals surface area contributed by atoms with Crippen molar-refractivity contribution in [2.45, 2.75) is 30.6 Å². The van der Waals surface area contributed by atoms with Gasteiger partial charge < -0.3 is 10.1 Å². The molecule has 1 amide bonds. The summed E-state index contributed by atoms with van der Waals surface area (Å²) >= 11 is 0. The number of carbonyl (C=O) groups is 2. The first-order valence-electron chi connectivity index (χ1n) is 9.08. The normalized spacial score (nSPS) is 15.5. The predicted octanol–water partition coefficient (Wildman–Crippen LogP) is 1.56. The van der Waals surface area contributed by atoms with Crippen LogP contribution in [0.15, 0.2) is 35.2 Å². The van der Waals surface area contributed by atoms with E-state index in [9.17, 15) is 18.0 Å². The van der Waals surface area contributed by atoms with Gasteiger partial charge in [-0.3, -0.25) is 4.79 Å². The van der Waals surface area contributed by atoms with Gasteiger partial charge in [-0.2, -0.15) is 4.31 Å². The molecule has 1 N–H and O–H groups in total. The molecule has 7 nitrogen and oxygen atoms in total. The summed E-state index contributed by atoms with van der Waals surface area (Å²) in [6.45, 7) is 0.742. The van der Waals surface area contributed by atoms with Crippen molar-refractivity contribution in [3.05, 3.63) is 35.9 Å². The van der Waals surface area contributed by atoms with Crippen LogP contribution >= 0.6 is 0 Å². The molecule has 1 aromatic rings. The Morgan fingerprint density at radius 1 is 1.14 bits per heavy atom. The molecular weight excluding hydrogens is 380 g/mol. The lowest BCUT2D eigenvalue weighted by atomic mass is 10.2. The Bertz CT molecular complexity index is 846. The van der Waals surface area contributed by atoms with Crippen LogP contribution in [0.4, 0.5) is 0 Å². The van der Waals surface area contributed by atoms with Crippen molar-refractivity contribution in [3.63, 3.8) is 0 Å². The number of terminal acetylenes is 1. The Labute approximate surface area is 165 Å². The van der Waals surface area contributed by atoms with Crippen molar-refractivity contribution in [2.24, 2.45) is 0 Å². The molecule has 0 saturated carbocycles. The third kappa shape index (κ3) is 6.51. The van der Waals surface area contributed by atoms with E-state index in [4.69, 9.17) is 11.2 Å². The van der Waals surface area contributed by atoms with E-state index in [-0.39, 0.29) is 11.4 Å².